The van der Waals surface area contributed by atoms with Gasteiger partial charge in [-0.2, -0.15) is 5.26 Å². The van der Waals surface area contributed by atoms with Gasteiger partial charge in [0.1, 0.15) is 5.60 Å². The van der Waals surface area contributed by atoms with Gasteiger partial charge in [0, 0.05) is 16.7 Å². The van der Waals surface area contributed by atoms with Gasteiger partial charge in [-0.15, -0.1) is 0 Å². The Balaban J connectivity index is 2.65. The lowest BCUT2D eigenvalue weighted by Crippen LogP contribution is -2.42. The van der Waals surface area contributed by atoms with Gasteiger partial charge in [0.15, 0.2) is 0 Å². The van der Waals surface area contributed by atoms with E-state index in [0.29, 0.717) is 4.90 Å². The lowest BCUT2D eigenvalue weighted by Gasteiger charge is -2.23. The second-order valence-electron chi connectivity index (χ2n) is 6.50. The molecule has 23 heavy (non-hydrogen) atoms. The summed E-state index contributed by atoms with van der Waals surface area (Å²) in [5.41, 5.74) is 0.485. The van der Waals surface area contributed by atoms with Gasteiger partial charge in [0.05, 0.1) is 22.8 Å². The van der Waals surface area contributed by atoms with E-state index in [2.05, 4.69) is 11.4 Å². The van der Waals surface area contributed by atoms with Gasteiger partial charge in [-0.1, -0.05) is 17.7 Å². The van der Waals surface area contributed by atoms with Gasteiger partial charge in [0.25, 0.3) is 0 Å². The number of aryl methyl sites for hydroxylation is 1. The average Bonchev–Trinajstić information content (AvgIpc) is 2.42. The molecule has 1 amide bonds. The van der Waals surface area contributed by atoms with Crippen LogP contribution in [0.3, 0.4) is 0 Å². The molecular formula is C17H24N2O3S. The molecule has 0 saturated carbocycles. The first kappa shape index (κ1) is 19.2. The maximum atomic E-state index is 12.4. The fourth-order valence-corrected chi connectivity index (χ4v) is 3.16. The first-order chi connectivity index (χ1) is 10.6. The molecule has 1 rings (SSSR count). The molecule has 0 fully saturated rings. The summed E-state index contributed by atoms with van der Waals surface area (Å²) in [4.78, 5) is 12.4. The quantitative estimate of drug-likeness (QED) is 0.896. The molecule has 0 spiro atoms. The Hall–Kier alpha value is -1.87. The van der Waals surface area contributed by atoms with E-state index in [-0.39, 0.29) is 5.75 Å². The lowest BCUT2D eigenvalue weighted by atomic mass is 10.1. The molecule has 0 saturated heterocycles. The molecule has 0 heterocycles. The third-order valence-electron chi connectivity index (χ3n) is 3.13. The van der Waals surface area contributed by atoms with E-state index in [1.165, 1.54) is 0 Å². The van der Waals surface area contributed by atoms with Crippen molar-refractivity contribution < 1.29 is 13.7 Å². The van der Waals surface area contributed by atoms with Crippen LogP contribution in [-0.2, 0) is 15.5 Å². The zero-order valence-corrected chi connectivity index (χ0v) is 15.1. The van der Waals surface area contributed by atoms with Crippen LogP contribution in [-0.4, -0.2) is 27.7 Å². The second-order valence-corrected chi connectivity index (χ2v) is 7.99. The number of carbonyl (C=O) groups is 1. The van der Waals surface area contributed by atoms with Crippen molar-refractivity contribution in [1.29, 1.82) is 5.26 Å². The van der Waals surface area contributed by atoms with Crippen molar-refractivity contribution in [2.75, 3.05) is 5.75 Å². The molecule has 0 aliphatic carbocycles. The second kappa shape index (κ2) is 8.11. The highest BCUT2D eigenvalue weighted by Gasteiger charge is 2.24. The van der Waals surface area contributed by atoms with Crippen LogP contribution in [0.15, 0.2) is 29.2 Å². The monoisotopic (exact) mass is 336 g/mol. The summed E-state index contributed by atoms with van der Waals surface area (Å²) >= 11 is 0. The fourth-order valence-electron chi connectivity index (χ4n) is 1.84. The van der Waals surface area contributed by atoms with Crippen LogP contribution in [0.1, 0.15) is 33.3 Å². The van der Waals surface area contributed by atoms with E-state index in [4.69, 9.17) is 4.74 Å². The van der Waals surface area contributed by atoms with Gasteiger partial charge in [-0.3, -0.25) is 4.21 Å². The number of rotatable bonds is 5. The number of amides is 1. The summed E-state index contributed by atoms with van der Waals surface area (Å²) in [5.74, 6) is -0.402. The van der Waals surface area contributed by atoms with E-state index in [0.717, 1.165) is 5.56 Å². The Labute approximate surface area is 140 Å². The van der Waals surface area contributed by atoms with Crippen LogP contribution in [0.4, 0.5) is 4.79 Å². The Morgan fingerprint density at radius 1 is 1.35 bits per heavy atom. The number of nitriles is 1. The Morgan fingerprint density at radius 2 is 1.91 bits per heavy atom. The van der Waals surface area contributed by atoms with Crippen LogP contribution in [0.5, 0.6) is 0 Å². The molecule has 6 heteroatoms. The van der Waals surface area contributed by atoms with Crippen molar-refractivity contribution in [3.8, 4) is 6.07 Å². The number of carbonyl (C=O) groups excluding carboxylic acids is 1. The number of ether oxygens (including phenoxy) is 1. The van der Waals surface area contributed by atoms with Crippen molar-refractivity contribution in [2.45, 2.75) is 51.2 Å². The van der Waals surface area contributed by atoms with E-state index < -0.39 is 34.5 Å². The molecule has 0 aromatic heterocycles. The summed E-state index contributed by atoms with van der Waals surface area (Å²) in [7, 11) is -1.29. The summed E-state index contributed by atoms with van der Waals surface area (Å²) in [5, 5.41) is 11.9. The largest absolute Gasteiger partial charge is 0.444 e. The molecule has 1 aromatic rings. The summed E-state index contributed by atoms with van der Waals surface area (Å²) in [6.45, 7) is 8.98. The lowest BCUT2D eigenvalue weighted by molar-refractivity contribution is 0.0501. The number of alkyl carbamates (subject to hydrolysis) is 1. The van der Waals surface area contributed by atoms with Crippen molar-refractivity contribution in [1.82, 2.24) is 5.32 Å². The normalized spacial score (nSPS) is 15.1. The average molecular weight is 336 g/mol. The zero-order valence-electron chi connectivity index (χ0n) is 14.3. The van der Waals surface area contributed by atoms with E-state index >= 15 is 0 Å². The van der Waals surface area contributed by atoms with Crippen LogP contribution < -0.4 is 5.32 Å². The molecule has 5 nitrogen and oxygen atoms in total. The van der Waals surface area contributed by atoms with Gasteiger partial charge in [0.2, 0.25) is 0 Å². The maximum Gasteiger partial charge on any atom is 0.407 e. The smallest absolute Gasteiger partial charge is 0.407 e. The SMILES string of the molecule is Cc1ccc(S(=O)C[C@H](C#N)[C@H](C)NC(=O)OC(C)(C)C)cc1. The molecule has 0 aliphatic heterocycles. The first-order valence-corrected chi connectivity index (χ1v) is 8.78. The van der Waals surface area contributed by atoms with Crippen molar-refractivity contribution in [3.05, 3.63) is 29.8 Å². The fraction of sp³-hybridized carbons (Fsp3) is 0.529. The van der Waals surface area contributed by atoms with Gasteiger partial charge >= 0.3 is 6.09 Å². The summed E-state index contributed by atoms with van der Waals surface area (Å²) < 4.78 is 17.5. The molecule has 126 valence electrons. The summed E-state index contributed by atoms with van der Waals surface area (Å²) in [6, 6.07) is 9.03. The Bertz CT molecular complexity index is 600. The molecule has 1 aromatic carbocycles. The molecular weight excluding hydrogens is 312 g/mol. The predicted molar refractivity (Wildman–Crippen MR) is 90.4 cm³/mol. The highest BCUT2D eigenvalue weighted by molar-refractivity contribution is 7.85. The van der Waals surface area contributed by atoms with Gasteiger partial charge in [-0.25, -0.2) is 4.79 Å². The van der Waals surface area contributed by atoms with Gasteiger partial charge in [-0.05, 0) is 46.8 Å². The zero-order chi connectivity index (χ0) is 17.6. The number of nitrogens with zero attached hydrogens (tertiary/aromatic N) is 1. The minimum absolute atomic E-state index is 0.163. The maximum absolute atomic E-state index is 12.4. The first-order valence-electron chi connectivity index (χ1n) is 7.46. The number of hydrogen-bond donors (Lipinski definition) is 1. The van der Waals surface area contributed by atoms with Gasteiger partial charge < -0.3 is 10.1 Å². The highest BCUT2D eigenvalue weighted by atomic mass is 32.2. The van der Waals surface area contributed by atoms with E-state index in [1.807, 2.05) is 19.1 Å². The van der Waals surface area contributed by atoms with Crippen LogP contribution in [0, 0.1) is 24.2 Å². The van der Waals surface area contributed by atoms with Crippen LogP contribution in [0.25, 0.3) is 0 Å². The highest BCUT2D eigenvalue weighted by Crippen LogP contribution is 2.14. The number of hydrogen-bond acceptors (Lipinski definition) is 4. The van der Waals surface area contributed by atoms with E-state index in [9.17, 15) is 14.3 Å². The summed E-state index contributed by atoms with van der Waals surface area (Å²) in [6.07, 6.45) is -0.577. The third-order valence-corrected chi connectivity index (χ3v) is 4.59. The molecule has 1 N–H and O–H groups in total. The molecule has 1 unspecified atom stereocenters. The third kappa shape index (κ3) is 6.83. The van der Waals surface area contributed by atoms with Crippen molar-refractivity contribution in [2.24, 2.45) is 5.92 Å². The molecule has 0 bridgehead atoms. The molecule has 0 radical (unpaired) electrons. The van der Waals surface area contributed by atoms with Crippen molar-refractivity contribution in [3.63, 3.8) is 0 Å². The van der Waals surface area contributed by atoms with Crippen LogP contribution in [0.2, 0.25) is 0 Å². The molecule has 3 atom stereocenters. The van der Waals surface area contributed by atoms with Crippen molar-refractivity contribution >= 4 is 16.9 Å². The minimum atomic E-state index is -1.29. The number of benzene rings is 1. The standard InChI is InChI=1S/C17H24N2O3S/c1-12-6-8-15(9-7-12)23(21)11-14(10-18)13(2)19-16(20)22-17(3,4)5/h6-9,13-14H,11H2,1-5H3,(H,19,20)/t13-,14-,23?/m0/s1. The Kier molecular flexibility index (Phi) is 6.77. The van der Waals surface area contributed by atoms with Crippen LogP contribution >= 0.6 is 0 Å². The predicted octanol–water partition coefficient (Wildman–Crippen LogP) is 3.16. The molecule has 0 aliphatic rings. The minimum Gasteiger partial charge on any atom is -0.444 e. The number of nitrogens with one attached hydrogen (secondary N) is 1. The Morgan fingerprint density at radius 3 is 2.39 bits per heavy atom. The topological polar surface area (TPSA) is 79.2 Å². The van der Waals surface area contributed by atoms with E-state index in [1.54, 1.807) is 39.8 Å².